The predicted molar refractivity (Wildman–Crippen MR) is 161 cm³/mol. The summed E-state index contributed by atoms with van der Waals surface area (Å²) in [5.41, 5.74) is 5.63. The fraction of sp³-hybridized carbons (Fsp3) is 0.312. The topological polar surface area (TPSA) is 111 Å². The Morgan fingerprint density at radius 3 is 2.48 bits per heavy atom. The molecule has 10 heteroatoms. The molecule has 0 atom stereocenters. The van der Waals surface area contributed by atoms with Crippen LogP contribution in [-0.2, 0) is 13.6 Å². The third kappa shape index (κ3) is 6.75. The van der Waals surface area contributed by atoms with E-state index in [2.05, 4.69) is 32.0 Å². The van der Waals surface area contributed by atoms with E-state index < -0.39 is 0 Å². The maximum absolute atomic E-state index is 13.6. The van der Waals surface area contributed by atoms with Crippen molar-refractivity contribution < 1.29 is 9.18 Å². The van der Waals surface area contributed by atoms with Gasteiger partial charge >= 0.3 is 0 Å². The lowest BCUT2D eigenvalue weighted by Crippen LogP contribution is -2.40. The van der Waals surface area contributed by atoms with E-state index in [1.165, 1.54) is 6.07 Å². The fourth-order valence-electron chi connectivity index (χ4n) is 5.17. The summed E-state index contributed by atoms with van der Waals surface area (Å²) in [6.07, 6.45) is 3.54. The summed E-state index contributed by atoms with van der Waals surface area (Å²) in [6.45, 7) is 6.84. The summed E-state index contributed by atoms with van der Waals surface area (Å²) in [5.74, 6) is 1.27. The van der Waals surface area contributed by atoms with Crippen molar-refractivity contribution >= 4 is 29.0 Å². The number of aryl methyl sites for hydroxylation is 1. The second-order valence-corrected chi connectivity index (χ2v) is 10.7. The first kappa shape index (κ1) is 28.8. The van der Waals surface area contributed by atoms with E-state index >= 15 is 0 Å². The molecule has 4 aromatic rings. The molecule has 1 aliphatic heterocycles. The van der Waals surface area contributed by atoms with Crippen molar-refractivity contribution in [2.45, 2.75) is 33.2 Å². The van der Waals surface area contributed by atoms with E-state index in [-0.39, 0.29) is 11.7 Å². The highest BCUT2D eigenvalue weighted by Gasteiger charge is 2.23. The average Bonchev–Trinajstić information content (AvgIpc) is 3.28. The van der Waals surface area contributed by atoms with Crippen molar-refractivity contribution in [2.24, 2.45) is 13.0 Å². The Balaban J connectivity index is 1.09. The van der Waals surface area contributed by atoms with Gasteiger partial charge in [-0.05, 0) is 105 Å². The molecule has 3 heterocycles. The van der Waals surface area contributed by atoms with Gasteiger partial charge in [-0.1, -0.05) is 0 Å². The minimum absolute atomic E-state index is 0.0361. The zero-order valence-corrected chi connectivity index (χ0v) is 24.1. The molecule has 0 spiro atoms. The maximum Gasteiger partial charge on any atom is 0.253 e. The Hall–Kier alpha value is -4.75. The van der Waals surface area contributed by atoms with Crippen molar-refractivity contribution in [1.82, 2.24) is 24.8 Å². The molecular weight excluding hydrogens is 531 g/mol. The van der Waals surface area contributed by atoms with Gasteiger partial charge in [-0.3, -0.25) is 4.79 Å². The molecule has 0 saturated carbocycles. The van der Waals surface area contributed by atoms with Crippen LogP contribution >= 0.6 is 0 Å². The minimum Gasteiger partial charge on any atom is -0.340 e. The molecule has 0 aliphatic carbocycles. The summed E-state index contributed by atoms with van der Waals surface area (Å²) >= 11 is 0. The van der Waals surface area contributed by atoms with Gasteiger partial charge in [0.05, 0.1) is 0 Å². The number of carbonyl (C=O) groups is 1. The number of halogens is 1. The smallest absolute Gasteiger partial charge is 0.253 e. The molecule has 0 bridgehead atoms. The quantitative estimate of drug-likeness (QED) is 0.243. The first-order chi connectivity index (χ1) is 20.3. The second kappa shape index (κ2) is 12.8. The lowest BCUT2D eigenvalue weighted by Gasteiger charge is -2.32. The number of hydrogen-bond acceptors (Lipinski definition) is 7. The molecule has 1 saturated heterocycles. The SMILES string of the molecule is Cc1cc(Nc2ccnc(Nc3ccc(C(=O)N4CCC(CNCc5cc(C#N)n(C)c5C)CC4)cc3)n2)ccc1F. The van der Waals surface area contributed by atoms with E-state index in [9.17, 15) is 14.4 Å². The summed E-state index contributed by atoms with van der Waals surface area (Å²) in [5, 5.41) is 19.1. The van der Waals surface area contributed by atoms with E-state index in [4.69, 9.17) is 0 Å². The lowest BCUT2D eigenvalue weighted by atomic mass is 9.96. The van der Waals surface area contributed by atoms with E-state index in [1.807, 2.05) is 53.8 Å². The summed E-state index contributed by atoms with van der Waals surface area (Å²) < 4.78 is 15.5. The number of nitrogens with one attached hydrogen (secondary N) is 3. The first-order valence-electron chi connectivity index (χ1n) is 14.1. The Kier molecular flexibility index (Phi) is 8.79. The summed E-state index contributed by atoms with van der Waals surface area (Å²) in [4.78, 5) is 23.8. The predicted octanol–water partition coefficient (Wildman–Crippen LogP) is 5.57. The third-order valence-electron chi connectivity index (χ3n) is 7.88. The molecular formula is C32H35FN8O. The number of benzene rings is 2. The molecule has 42 heavy (non-hydrogen) atoms. The molecule has 9 nitrogen and oxygen atoms in total. The number of anilines is 4. The highest BCUT2D eigenvalue weighted by Crippen LogP contribution is 2.22. The largest absolute Gasteiger partial charge is 0.340 e. The molecule has 2 aromatic heterocycles. The Morgan fingerprint density at radius 2 is 1.79 bits per heavy atom. The van der Waals surface area contributed by atoms with E-state index in [0.717, 1.165) is 61.7 Å². The van der Waals surface area contributed by atoms with Gasteiger partial charge in [0, 0.05) is 55.5 Å². The standard InChI is InChI=1S/C32H35FN8O/c1-21-16-27(8-9-29(21)33)37-30-10-13-36-32(39-30)38-26-6-4-24(5-7-26)31(42)41-14-11-23(12-15-41)19-35-20-25-17-28(18-34)40(3)22(25)2/h4-10,13,16-17,23,35H,11-12,14-15,19-20H2,1-3H3,(H2,36,37,38,39). The molecule has 5 rings (SSSR count). The van der Waals surface area contributed by atoms with Crippen LogP contribution in [0.25, 0.3) is 0 Å². The number of carbonyl (C=O) groups excluding carboxylic acids is 1. The van der Waals surface area contributed by atoms with Crippen LogP contribution in [0.15, 0.2) is 60.8 Å². The van der Waals surface area contributed by atoms with Crippen LogP contribution in [0, 0.1) is 36.9 Å². The van der Waals surface area contributed by atoms with Gasteiger partial charge in [0.2, 0.25) is 5.95 Å². The number of rotatable bonds is 9. The van der Waals surface area contributed by atoms with Crippen LogP contribution in [0.3, 0.4) is 0 Å². The second-order valence-electron chi connectivity index (χ2n) is 10.7. The zero-order chi connectivity index (χ0) is 29.6. The van der Waals surface area contributed by atoms with Gasteiger partial charge in [-0.15, -0.1) is 0 Å². The van der Waals surface area contributed by atoms with Gasteiger partial charge in [0.1, 0.15) is 23.4 Å². The Bertz CT molecular complexity index is 1600. The maximum atomic E-state index is 13.6. The normalized spacial score (nSPS) is 13.5. The van der Waals surface area contributed by atoms with Crippen LogP contribution in [0.4, 0.5) is 27.5 Å². The van der Waals surface area contributed by atoms with Crippen molar-refractivity contribution in [3.8, 4) is 6.07 Å². The van der Waals surface area contributed by atoms with Gasteiger partial charge < -0.3 is 25.4 Å². The van der Waals surface area contributed by atoms with Crippen molar-refractivity contribution in [3.63, 3.8) is 0 Å². The average molecular weight is 567 g/mol. The molecule has 0 radical (unpaired) electrons. The Labute approximate surface area is 245 Å². The summed E-state index contributed by atoms with van der Waals surface area (Å²) in [6, 6.07) is 18.0. The molecule has 1 amide bonds. The monoisotopic (exact) mass is 566 g/mol. The number of amides is 1. The van der Waals surface area contributed by atoms with Gasteiger partial charge in [0.25, 0.3) is 5.91 Å². The molecule has 216 valence electrons. The van der Waals surface area contributed by atoms with Crippen LogP contribution in [0.5, 0.6) is 0 Å². The third-order valence-corrected chi connectivity index (χ3v) is 7.88. The van der Waals surface area contributed by atoms with Gasteiger partial charge in [-0.2, -0.15) is 10.2 Å². The van der Waals surface area contributed by atoms with Crippen LogP contribution in [0.2, 0.25) is 0 Å². The van der Waals surface area contributed by atoms with Crippen molar-refractivity contribution in [1.29, 1.82) is 5.26 Å². The Morgan fingerprint density at radius 1 is 1.05 bits per heavy atom. The van der Waals surface area contributed by atoms with E-state index in [0.29, 0.717) is 34.5 Å². The zero-order valence-electron chi connectivity index (χ0n) is 24.1. The highest BCUT2D eigenvalue weighted by molar-refractivity contribution is 5.94. The number of aromatic nitrogens is 3. The number of piperidine rings is 1. The number of likely N-dealkylation sites (tertiary alicyclic amines) is 1. The molecule has 2 aromatic carbocycles. The number of hydrogen-bond donors (Lipinski definition) is 3. The van der Waals surface area contributed by atoms with Crippen molar-refractivity contribution in [2.75, 3.05) is 30.3 Å². The minimum atomic E-state index is -0.254. The highest BCUT2D eigenvalue weighted by atomic mass is 19.1. The van der Waals surface area contributed by atoms with Gasteiger partial charge in [-0.25, -0.2) is 9.37 Å². The first-order valence-corrected chi connectivity index (χ1v) is 14.1. The van der Waals surface area contributed by atoms with Crippen molar-refractivity contribution in [3.05, 3.63) is 94.7 Å². The van der Waals surface area contributed by atoms with Gasteiger partial charge in [0.15, 0.2) is 0 Å². The number of nitrogens with zero attached hydrogens (tertiary/aromatic N) is 5. The lowest BCUT2D eigenvalue weighted by molar-refractivity contribution is 0.0690. The van der Waals surface area contributed by atoms with Crippen LogP contribution in [0.1, 0.15) is 45.7 Å². The van der Waals surface area contributed by atoms with Crippen LogP contribution < -0.4 is 16.0 Å². The summed E-state index contributed by atoms with van der Waals surface area (Å²) in [7, 11) is 1.92. The fourth-order valence-corrected chi connectivity index (χ4v) is 5.17. The molecule has 3 N–H and O–H groups in total. The van der Waals surface area contributed by atoms with Crippen LogP contribution in [-0.4, -0.2) is 45.0 Å². The number of nitriles is 1. The molecule has 1 fully saturated rings. The van der Waals surface area contributed by atoms with E-state index in [1.54, 1.807) is 31.3 Å². The molecule has 1 aliphatic rings. The molecule has 0 unspecified atom stereocenters.